The lowest BCUT2D eigenvalue weighted by Gasteiger charge is -2.34. The molecule has 1 saturated carbocycles. The van der Waals surface area contributed by atoms with Gasteiger partial charge in [-0.1, -0.05) is 12.8 Å². The third-order valence-electron chi connectivity index (χ3n) is 2.76. The van der Waals surface area contributed by atoms with E-state index >= 15 is 0 Å². The molecule has 0 aromatic heterocycles. The molecule has 1 fully saturated rings. The number of nitrogens with zero attached hydrogens (tertiary/aromatic N) is 1. The minimum atomic E-state index is -0.366. The van der Waals surface area contributed by atoms with Gasteiger partial charge in [0.2, 0.25) is 5.91 Å². The second-order valence-electron chi connectivity index (χ2n) is 3.63. The van der Waals surface area contributed by atoms with Crippen LogP contribution >= 0.6 is 0 Å². The lowest BCUT2D eigenvalue weighted by atomic mass is 9.91. The zero-order valence-electron chi connectivity index (χ0n) is 8.07. The number of hydrogen-bond acceptors (Lipinski definition) is 3. The molecular weight excluding hydrogens is 168 g/mol. The van der Waals surface area contributed by atoms with Crippen LogP contribution in [0.1, 0.15) is 25.7 Å². The minimum absolute atomic E-state index is 0.0233. The standard InChI is InChI=1S/C9H18N2O2/c1-11(9(13)6-10)7-4-2-3-5-8(7)12/h7-8,12H,2-6,10H2,1H3. The van der Waals surface area contributed by atoms with E-state index in [-0.39, 0.29) is 24.6 Å². The third-order valence-corrected chi connectivity index (χ3v) is 2.76. The van der Waals surface area contributed by atoms with E-state index in [1.807, 2.05) is 0 Å². The number of aliphatic hydroxyl groups excluding tert-OH is 1. The first-order valence-electron chi connectivity index (χ1n) is 4.80. The Hall–Kier alpha value is -0.610. The van der Waals surface area contributed by atoms with E-state index in [1.165, 1.54) is 0 Å². The van der Waals surface area contributed by atoms with Crippen molar-refractivity contribution in [2.24, 2.45) is 5.73 Å². The van der Waals surface area contributed by atoms with Gasteiger partial charge in [-0.2, -0.15) is 0 Å². The van der Waals surface area contributed by atoms with Crippen molar-refractivity contribution < 1.29 is 9.90 Å². The molecule has 1 amide bonds. The maximum Gasteiger partial charge on any atom is 0.236 e. The van der Waals surface area contributed by atoms with Gasteiger partial charge in [0.1, 0.15) is 0 Å². The van der Waals surface area contributed by atoms with E-state index in [2.05, 4.69) is 0 Å². The highest BCUT2D eigenvalue weighted by Gasteiger charge is 2.28. The number of rotatable bonds is 2. The van der Waals surface area contributed by atoms with Gasteiger partial charge in [-0.15, -0.1) is 0 Å². The summed E-state index contributed by atoms with van der Waals surface area (Å²) >= 11 is 0. The fourth-order valence-electron chi connectivity index (χ4n) is 1.87. The van der Waals surface area contributed by atoms with Crippen molar-refractivity contribution in [1.82, 2.24) is 4.90 Å². The van der Waals surface area contributed by atoms with Gasteiger partial charge in [0.25, 0.3) is 0 Å². The first-order valence-corrected chi connectivity index (χ1v) is 4.80. The Morgan fingerprint density at radius 1 is 1.54 bits per heavy atom. The Kier molecular flexibility index (Phi) is 3.69. The van der Waals surface area contributed by atoms with Gasteiger partial charge < -0.3 is 15.7 Å². The van der Waals surface area contributed by atoms with Crippen LogP contribution in [0.3, 0.4) is 0 Å². The van der Waals surface area contributed by atoms with Gasteiger partial charge in [-0.05, 0) is 12.8 Å². The zero-order chi connectivity index (χ0) is 9.84. The molecule has 0 aromatic rings. The molecule has 0 heterocycles. The fraction of sp³-hybridized carbons (Fsp3) is 0.889. The van der Waals surface area contributed by atoms with Gasteiger partial charge >= 0.3 is 0 Å². The Balaban J connectivity index is 2.53. The molecule has 0 spiro atoms. The molecule has 4 heteroatoms. The number of nitrogens with two attached hydrogens (primary N) is 1. The largest absolute Gasteiger partial charge is 0.391 e. The smallest absolute Gasteiger partial charge is 0.236 e. The summed E-state index contributed by atoms with van der Waals surface area (Å²) in [5.74, 6) is -0.0917. The predicted molar refractivity (Wildman–Crippen MR) is 50.1 cm³/mol. The maximum atomic E-state index is 11.2. The van der Waals surface area contributed by atoms with Crippen molar-refractivity contribution in [3.8, 4) is 0 Å². The molecule has 2 atom stereocenters. The van der Waals surface area contributed by atoms with Crippen molar-refractivity contribution >= 4 is 5.91 Å². The molecule has 0 aliphatic heterocycles. The first-order chi connectivity index (χ1) is 6.16. The molecule has 1 aliphatic carbocycles. The van der Waals surface area contributed by atoms with Crippen LogP contribution in [0.2, 0.25) is 0 Å². The highest BCUT2D eigenvalue weighted by atomic mass is 16.3. The normalized spacial score (nSPS) is 28.5. The molecular formula is C9H18N2O2. The van der Waals surface area contributed by atoms with Gasteiger partial charge in [-0.25, -0.2) is 0 Å². The van der Waals surface area contributed by atoms with Gasteiger partial charge in [0.05, 0.1) is 18.7 Å². The van der Waals surface area contributed by atoms with Gasteiger partial charge in [0.15, 0.2) is 0 Å². The average molecular weight is 186 g/mol. The Bertz CT molecular complexity index is 184. The van der Waals surface area contributed by atoms with Crippen LogP contribution in [-0.2, 0) is 4.79 Å². The maximum absolute atomic E-state index is 11.2. The quantitative estimate of drug-likeness (QED) is 0.622. The molecule has 2 unspecified atom stereocenters. The van der Waals surface area contributed by atoms with E-state index in [0.717, 1.165) is 25.7 Å². The van der Waals surface area contributed by atoms with E-state index < -0.39 is 0 Å². The van der Waals surface area contributed by atoms with Crippen LogP contribution in [0.5, 0.6) is 0 Å². The number of likely N-dealkylation sites (N-methyl/N-ethyl adjacent to an activating group) is 1. The SMILES string of the molecule is CN(C(=O)CN)C1CCCCC1O. The number of carbonyl (C=O) groups excluding carboxylic acids is 1. The number of amides is 1. The molecule has 0 radical (unpaired) electrons. The van der Waals surface area contributed by atoms with Crippen LogP contribution in [-0.4, -0.2) is 41.7 Å². The Morgan fingerprint density at radius 3 is 2.69 bits per heavy atom. The van der Waals surface area contributed by atoms with Crippen LogP contribution in [0.15, 0.2) is 0 Å². The monoisotopic (exact) mass is 186 g/mol. The van der Waals surface area contributed by atoms with Crippen LogP contribution < -0.4 is 5.73 Å². The van der Waals surface area contributed by atoms with E-state index in [4.69, 9.17) is 5.73 Å². The van der Waals surface area contributed by atoms with Gasteiger partial charge in [0, 0.05) is 7.05 Å². The van der Waals surface area contributed by atoms with Crippen LogP contribution in [0.25, 0.3) is 0 Å². The topological polar surface area (TPSA) is 66.6 Å². The molecule has 3 N–H and O–H groups in total. The summed E-state index contributed by atoms with van der Waals surface area (Å²) in [7, 11) is 1.72. The number of carbonyl (C=O) groups is 1. The van der Waals surface area contributed by atoms with Crippen molar-refractivity contribution in [1.29, 1.82) is 0 Å². The Labute approximate surface area is 78.7 Å². The Morgan fingerprint density at radius 2 is 2.15 bits per heavy atom. The average Bonchev–Trinajstić information content (AvgIpc) is 2.16. The summed E-state index contributed by atoms with van der Waals surface area (Å²) in [5, 5.41) is 9.65. The summed E-state index contributed by atoms with van der Waals surface area (Å²) in [6.07, 6.45) is 3.47. The molecule has 0 bridgehead atoms. The van der Waals surface area contributed by atoms with Crippen molar-refractivity contribution in [3.63, 3.8) is 0 Å². The molecule has 0 aromatic carbocycles. The van der Waals surface area contributed by atoms with E-state index in [9.17, 15) is 9.90 Å². The van der Waals surface area contributed by atoms with Crippen molar-refractivity contribution in [3.05, 3.63) is 0 Å². The highest BCUT2D eigenvalue weighted by Crippen LogP contribution is 2.22. The fourth-order valence-corrected chi connectivity index (χ4v) is 1.87. The summed E-state index contributed by atoms with van der Waals surface area (Å²) in [6, 6.07) is -0.0233. The van der Waals surface area contributed by atoms with Crippen LogP contribution in [0.4, 0.5) is 0 Å². The second-order valence-corrected chi connectivity index (χ2v) is 3.63. The molecule has 0 saturated heterocycles. The third kappa shape index (κ3) is 2.42. The summed E-state index contributed by atoms with van der Waals surface area (Å²) in [6.45, 7) is 0.0275. The molecule has 13 heavy (non-hydrogen) atoms. The second kappa shape index (κ2) is 4.58. The number of hydrogen-bond donors (Lipinski definition) is 2. The van der Waals surface area contributed by atoms with E-state index in [1.54, 1.807) is 11.9 Å². The van der Waals surface area contributed by atoms with E-state index in [0.29, 0.717) is 0 Å². The highest BCUT2D eigenvalue weighted by molar-refractivity contribution is 5.78. The summed E-state index contributed by atoms with van der Waals surface area (Å²) in [4.78, 5) is 12.8. The van der Waals surface area contributed by atoms with Crippen molar-refractivity contribution in [2.45, 2.75) is 37.8 Å². The molecule has 76 valence electrons. The minimum Gasteiger partial charge on any atom is -0.391 e. The van der Waals surface area contributed by atoms with Crippen LogP contribution in [0, 0.1) is 0 Å². The summed E-state index contributed by atoms with van der Waals surface area (Å²) in [5.41, 5.74) is 5.25. The summed E-state index contributed by atoms with van der Waals surface area (Å²) < 4.78 is 0. The number of aliphatic hydroxyl groups is 1. The molecule has 1 aliphatic rings. The zero-order valence-corrected chi connectivity index (χ0v) is 8.07. The first kappa shape index (κ1) is 10.5. The van der Waals surface area contributed by atoms with Crippen molar-refractivity contribution in [2.75, 3.05) is 13.6 Å². The lowest BCUT2D eigenvalue weighted by molar-refractivity contribution is -0.133. The predicted octanol–water partition coefficient (Wildman–Crippen LogP) is -0.293. The van der Waals surface area contributed by atoms with Gasteiger partial charge in [-0.3, -0.25) is 4.79 Å². The molecule has 1 rings (SSSR count). The molecule has 4 nitrogen and oxygen atoms in total. The lowest BCUT2D eigenvalue weighted by Crippen LogP contribution is -2.48.